The van der Waals surface area contributed by atoms with Gasteiger partial charge in [0.25, 0.3) is 0 Å². The first-order chi connectivity index (χ1) is 9.71. The van der Waals surface area contributed by atoms with Crippen molar-refractivity contribution >= 4 is 5.97 Å². The van der Waals surface area contributed by atoms with E-state index >= 15 is 0 Å². The van der Waals surface area contributed by atoms with Gasteiger partial charge in [0, 0.05) is 5.56 Å². The molecule has 0 saturated carbocycles. The quantitative estimate of drug-likeness (QED) is 0.860. The molecule has 0 radical (unpaired) electrons. The van der Waals surface area contributed by atoms with Crippen LogP contribution in [0.4, 0.5) is 22.0 Å². The fourth-order valence-electron chi connectivity index (χ4n) is 1.68. The Balaban J connectivity index is 2.75. The van der Waals surface area contributed by atoms with Gasteiger partial charge in [-0.15, -0.1) is 0 Å². The van der Waals surface area contributed by atoms with Crippen molar-refractivity contribution in [2.45, 2.75) is 6.18 Å². The van der Waals surface area contributed by atoms with E-state index in [1.807, 2.05) is 0 Å². The third-order valence-corrected chi connectivity index (χ3v) is 2.62. The first-order valence-corrected chi connectivity index (χ1v) is 5.47. The Bertz CT molecular complexity index is 712. The number of aromatic nitrogens is 1. The molecule has 2 rings (SSSR count). The summed E-state index contributed by atoms with van der Waals surface area (Å²) in [6.45, 7) is 0. The van der Waals surface area contributed by atoms with Crippen molar-refractivity contribution < 1.29 is 31.9 Å². The number of carboxylic acids is 1. The Labute approximate surface area is 114 Å². The van der Waals surface area contributed by atoms with Crippen LogP contribution in [-0.2, 0) is 6.18 Å². The van der Waals surface area contributed by atoms with Crippen LogP contribution in [0.3, 0.4) is 0 Å². The molecule has 0 atom stereocenters. The first-order valence-electron chi connectivity index (χ1n) is 5.47. The standard InChI is InChI=1S/C13H6F5NO2/c14-8-3-1-2-6(10(8)15)11-7(12(20)21)4-5-9(19-11)13(16,17)18/h1-5H,(H,20,21). The lowest BCUT2D eigenvalue weighted by Crippen LogP contribution is -2.12. The van der Waals surface area contributed by atoms with E-state index in [1.165, 1.54) is 0 Å². The van der Waals surface area contributed by atoms with E-state index in [1.54, 1.807) is 0 Å². The highest BCUT2D eigenvalue weighted by atomic mass is 19.4. The molecule has 1 aromatic carbocycles. The maximum atomic E-state index is 13.7. The summed E-state index contributed by atoms with van der Waals surface area (Å²) in [6, 6.07) is 3.86. The van der Waals surface area contributed by atoms with Crippen molar-refractivity contribution in [1.82, 2.24) is 4.98 Å². The lowest BCUT2D eigenvalue weighted by molar-refractivity contribution is -0.141. The molecule has 0 aliphatic carbocycles. The summed E-state index contributed by atoms with van der Waals surface area (Å²) < 4.78 is 64.7. The maximum absolute atomic E-state index is 13.7. The van der Waals surface area contributed by atoms with E-state index in [2.05, 4.69) is 4.98 Å². The number of pyridine rings is 1. The van der Waals surface area contributed by atoms with Gasteiger partial charge >= 0.3 is 12.1 Å². The summed E-state index contributed by atoms with van der Waals surface area (Å²) >= 11 is 0. The zero-order valence-electron chi connectivity index (χ0n) is 10.1. The molecule has 0 spiro atoms. The maximum Gasteiger partial charge on any atom is 0.433 e. The molecule has 110 valence electrons. The molecule has 0 unspecified atom stereocenters. The van der Waals surface area contributed by atoms with Crippen LogP contribution < -0.4 is 0 Å². The number of hydrogen-bond donors (Lipinski definition) is 1. The highest BCUT2D eigenvalue weighted by Gasteiger charge is 2.34. The van der Waals surface area contributed by atoms with Crippen LogP contribution in [0, 0.1) is 11.6 Å². The van der Waals surface area contributed by atoms with Crippen LogP contribution in [0.2, 0.25) is 0 Å². The molecular weight excluding hydrogens is 297 g/mol. The Kier molecular flexibility index (Phi) is 3.63. The van der Waals surface area contributed by atoms with Gasteiger partial charge in [0.05, 0.1) is 11.3 Å². The van der Waals surface area contributed by atoms with Gasteiger partial charge in [0.15, 0.2) is 11.6 Å². The molecule has 1 N–H and O–H groups in total. The van der Waals surface area contributed by atoms with Crippen LogP contribution in [0.25, 0.3) is 11.3 Å². The third kappa shape index (κ3) is 2.83. The molecule has 0 aliphatic rings. The smallest absolute Gasteiger partial charge is 0.433 e. The number of hydrogen-bond acceptors (Lipinski definition) is 2. The minimum atomic E-state index is -4.84. The Hall–Kier alpha value is -2.51. The monoisotopic (exact) mass is 303 g/mol. The summed E-state index contributed by atoms with van der Waals surface area (Å²) in [7, 11) is 0. The second-order valence-electron chi connectivity index (χ2n) is 4.00. The van der Waals surface area contributed by atoms with Gasteiger partial charge in [0.2, 0.25) is 0 Å². The van der Waals surface area contributed by atoms with Gasteiger partial charge in [-0.05, 0) is 24.3 Å². The first kappa shape index (κ1) is 14.9. The third-order valence-electron chi connectivity index (χ3n) is 2.62. The van der Waals surface area contributed by atoms with Crippen LogP contribution in [0.5, 0.6) is 0 Å². The predicted octanol–water partition coefficient (Wildman–Crippen LogP) is 3.74. The van der Waals surface area contributed by atoms with Crippen LogP contribution >= 0.6 is 0 Å². The minimum absolute atomic E-state index is 0.462. The zero-order chi connectivity index (χ0) is 15.8. The molecule has 0 fully saturated rings. The van der Waals surface area contributed by atoms with E-state index in [-0.39, 0.29) is 0 Å². The van der Waals surface area contributed by atoms with Crippen LogP contribution in [0.1, 0.15) is 16.1 Å². The fourth-order valence-corrected chi connectivity index (χ4v) is 1.68. The zero-order valence-corrected chi connectivity index (χ0v) is 10.1. The summed E-state index contributed by atoms with van der Waals surface area (Å²) in [6.07, 6.45) is -4.84. The van der Waals surface area contributed by atoms with E-state index < -0.39 is 46.3 Å². The average Bonchev–Trinajstić information content (AvgIpc) is 2.40. The van der Waals surface area contributed by atoms with Crippen molar-refractivity contribution in [3.8, 4) is 11.3 Å². The minimum Gasteiger partial charge on any atom is -0.478 e. The molecular formula is C13H6F5NO2. The Morgan fingerprint density at radius 1 is 1.10 bits per heavy atom. The number of carbonyl (C=O) groups is 1. The van der Waals surface area contributed by atoms with E-state index in [4.69, 9.17) is 5.11 Å². The van der Waals surface area contributed by atoms with Crippen LogP contribution in [-0.4, -0.2) is 16.1 Å². The molecule has 0 aliphatic heterocycles. The molecule has 0 bridgehead atoms. The predicted molar refractivity (Wildman–Crippen MR) is 61.6 cm³/mol. The number of carboxylic acid groups (broad SMARTS) is 1. The highest BCUT2D eigenvalue weighted by molar-refractivity contribution is 5.94. The number of alkyl halides is 3. The molecule has 1 heterocycles. The van der Waals surface area contributed by atoms with Gasteiger partial charge in [-0.3, -0.25) is 0 Å². The second kappa shape index (κ2) is 5.12. The summed E-state index contributed by atoms with van der Waals surface area (Å²) in [5.41, 5.74) is -3.49. The number of halogens is 5. The molecule has 0 amide bonds. The molecule has 0 saturated heterocycles. The molecule has 2 aromatic rings. The van der Waals surface area contributed by atoms with Gasteiger partial charge in [-0.25, -0.2) is 18.6 Å². The largest absolute Gasteiger partial charge is 0.478 e. The Morgan fingerprint density at radius 3 is 2.33 bits per heavy atom. The van der Waals surface area contributed by atoms with Gasteiger partial charge in [0.1, 0.15) is 5.69 Å². The fraction of sp³-hybridized carbons (Fsp3) is 0.0769. The van der Waals surface area contributed by atoms with Gasteiger partial charge in [-0.2, -0.15) is 13.2 Å². The Morgan fingerprint density at radius 2 is 1.76 bits per heavy atom. The number of aromatic carboxylic acids is 1. The second-order valence-corrected chi connectivity index (χ2v) is 4.00. The van der Waals surface area contributed by atoms with Crippen molar-refractivity contribution in [3.05, 3.63) is 53.2 Å². The van der Waals surface area contributed by atoms with Gasteiger partial charge < -0.3 is 5.11 Å². The number of benzene rings is 1. The molecule has 1 aromatic heterocycles. The van der Waals surface area contributed by atoms with E-state index in [0.29, 0.717) is 12.1 Å². The number of rotatable bonds is 2. The summed E-state index contributed by atoms with van der Waals surface area (Å²) in [5, 5.41) is 8.94. The van der Waals surface area contributed by atoms with Crippen molar-refractivity contribution in [3.63, 3.8) is 0 Å². The average molecular weight is 303 g/mol. The van der Waals surface area contributed by atoms with Crippen molar-refractivity contribution in [1.29, 1.82) is 0 Å². The van der Waals surface area contributed by atoms with Crippen LogP contribution in [0.15, 0.2) is 30.3 Å². The topological polar surface area (TPSA) is 50.2 Å². The molecule has 21 heavy (non-hydrogen) atoms. The summed E-state index contributed by atoms with van der Waals surface area (Å²) in [5.74, 6) is -4.38. The van der Waals surface area contributed by atoms with E-state index in [0.717, 1.165) is 18.2 Å². The van der Waals surface area contributed by atoms with E-state index in [9.17, 15) is 26.7 Å². The van der Waals surface area contributed by atoms with Gasteiger partial charge in [-0.1, -0.05) is 6.07 Å². The normalized spacial score (nSPS) is 11.5. The highest BCUT2D eigenvalue weighted by Crippen LogP contribution is 2.32. The molecule has 8 heteroatoms. The summed E-state index contributed by atoms with van der Waals surface area (Å²) in [4.78, 5) is 14.1. The number of nitrogens with zero attached hydrogens (tertiary/aromatic N) is 1. The van der Waals surface area contributed by atoms with Crippen molar-refractivity contribution in [2.24, 2.45) is 0 Å². The SMILES string of the molecule is O=C(O)c1ccc(C(F)(F)F)nc1-c1cccc(F)c1F. The van der Waals surface area contributed by atoms with Crippen molar-refractivity contribution in [2.75, 3.05) is 0 Å². The molecule has 3 nitrogen and oxygen atoms in total. The lowest BCUT2D eigenvalue weighted by Gasteiger charge is -2.11. The lowest BCUT2D eigenvalue weighted by atomic mass is 10.0.